The molecule has 68 valence electrons. The van der Waals surface area contributed by atoms with Crippen LogP contribution in [0.3, 0.4) is 0 Å². The van der Waals surface area contributed by atoms with E-state index in [0.29, 0.717) is 6.20 Å². The van der Waals surface area contributed by atoms with Gasteiger partial charge in [0, 0.05) is 6.42 Å². The molecule has 0 bridgehead atoms. The van der Waals surface area contributed by atoms with E-state index in [9.17, 15) is 13.2 Å². The minimum Gasteiger partial charge on any atom is -0.436 e. The molecule has 0 radical (unpaired) electrons. The maximum absolute atomic E-state index is 11.8. The van der Waals surface area contributed by atoms with Crippen LogP contribution >= 0.6 is 0 Å². The van der Waals surface area contributed by atoms with E-state index < -0.39 is 11.9 Å². The van der Waals surface area contributed by atoms with Crippen LogP contribution in [0.5, 0.6) is 0 Å². The van der Waals surface area contributed by atoms with Gasteiger partial charge < -0.3 is 9.52 Å². The van der Waals surface area contributed by atoms with Crippen molar-refractivity contribution in [2.45, 2.75) is 12.6 Å². The summed E-state index contributed by atoms with van der Waals surface area (Å²) < 4.78 is 39.8. The highest BCUT2D eigenvalue weighted by Crippen LogP contribution is 2.29. The summed E-state index contributed by atoms with van der Waals surface area (Å²) in [7, 11) is 0. The number of oxazole rings is 1. The summed E-state index contributed by atoms with van der Waals surface area (Å²) in [5.74, 6) is -1.24. The first-order valence-corrected chi connectivity index (χ1v) is 3.17. The van der Waals surface area contributed by atoms with Gasteiger partial charge in [-0.15, -0.1) is 0 Å². The van der Waals surface area contributed by atoms with Crippen LogP contribution < -0.4 is 0 Å². The predicted molar refractivity (Wildman–Crippen MR) is 32.3 cm³/mol. The van der Waals surface area contributed by atoms with Gasteiger partial charge >= 0.3 is 6.18 Å². The molecule has 0 atom stereocenters. The Labute approximate surface area is 65.8 Å². The molecule has 1 rings (SSSR count). The smallest absolute Gasteiger partial charge is 0.436 e. The zero-order valence-corrected chi connectivity index (χ0v) is 5.93. The summed E-state index contributed by atoms with van der Waals surface area (Å²) in [5.41, 5.74) is 0. The second-order valence-corrected chi connectivity index (χ2v) is 2.09. The van der Waals surface area contributed by atoms with Gasteiger partial charge in [0.2, 0.25) is 5.76 Å². The summed E-state index contributed by atoms with van der Waals surface area (Å²) in [5, 5.41) is 8.35. The van der Waals surface area contributed by atoms with Crippen LogP contribution in [0.2, 0.25) is 0 Å². The summed E-state index contributed by atoms with van der Waals surface area (Å²) in [6, 6.07) is 0. The number of halogens is 3. The fourth-order valence-corrected chi connectivity index (χ4v) is 0.653. The molecule has 0 aliphatic rings. The fraction of sp³-hybridized carbons (Fsp3) is 0.500. The molecule has 0 saturated heterocycles. The minimum absolute atomic E-state index is 0.00389. The first kappa shape index (κ1) is 9.05. The average molecular weight is 181 g/mol. The number of aliphatic hydroxyl groups is 1. The van der Waals surface area contributed by atoms with Crippen LogP contribution in [0.15, 0.2) is 10.6 Å². The molecule has 0 aliphatic heterocycles. The van der Waals surface area contributed by atoms with Crippen molar-refractivity contribution in [3.05, 3.63) is 17.8 Å². The van der Waals surface area contributed by atoms with E-state index in [1.807, 2.05) is 0 Å². The number of nitrogens with zero attached hydrogens (tertiary/aromatic N) is 1. The highest BCUT2D eigenvalue weighted by Gasteiger charge is 2.35. The molecule has 0 spiro atoms. The monoisotopic (exact) mass is 181 g/mol. The summed E-state index contributed by atoms with van der Waals surface area (Å²) >= 11 is 0. The van der Waals surface area contributed by atoms with Crippen LogP contribution in [0.25, 0.3) is 0 Å². The lowest BCUT2D eigenvalue weighted by Crippen LogP contribution is -2.02. The Bertz CT molecular complexity index is 256. The van der Waals surface area contributed by atoms with Crippen LogP contribution in [-0.2, 0) is 12.6 Å². The molecule has 6 heteroatoms. The molecule has 1 heterocycles. The summed E-state index contributed by atoms with van der Waals surface area (Å²) in [6.45, 7) is -0.280. The van der Waals surface area contributed by atoms with Gasteiger partial charge in [0.15, 0.2) is 5.89 Å². The van der Waals surface area contributed by atoms with Crippen molar-refractivity contribution in [1.82, 2.24) is 4.98 Å². The van der Waals surface area contributed by atoms with E-state index in [2.05, 4.69) is 9.40 Å². The van der Waals surface area contributed by atoms with Gasteiger partial charge in [0.1, 0.15) is 0 Å². The fourth-order valence-electron chi connectivity index (χ4n) is 0.653. The Kier molecular flexibility index (Phi) is 2.37. The largest absolute Gasteiger partial charge is 0.451 e. The molecule has 0 fully saturated rings. The number of hydrogen-bond donors (Lipinski definition) is 1. The topological polar surface area (TPSA) is 46.3 Å². The van der Waals surface area contributed by atoms with Crippen LogP contribution in [-0.4, -0.2) is 16.7 Å². The van der Waals surface area contributed by atoms with Crippen molar-refractivity contribution in [2.24, 2.45) is 0 Å². The molecule has 1 N–H and O–H groups in total. The lowest BCUT2D eigenvalue weighted by atomic mass is 10.5. The molecule has 1 aromatic rings. The molecule has 3 nitrogen and oxygen atoms in total. The Hall–Kier alpha value is -1.04. The van der Waals surface area contributed by atoms with E-state index in [4.69, 9.17) is 5.11 Å². The summed E-state index contributed by atoms with van der Waals surface area (Å²) in [6.07, 6.45) is -3.90. The molecule has 0 saturated carbocycles. The third-order valence-corrected chi connectivity index (χ3v) is 1.16. The number of aromatic nitrogens is 1. The standard InChI is InChI=1S/C6H6F3NO2/c7-6(8,9)4-3-10-5(12-4)1-2-11/h3,11H,1-2H2. The third-order valence-electron chi connectivity index (χ3n) is 1.16. The molecule has 0 unspecified atom stereocenters. The number of aliphatic hydroxyl groups excluding tert-OH is 1. The Morgan fingerprint density at radius 1 is 1.50 bits per heavy atom. The van der Waals surface area contributed by atoms with E-state index in [1.54, 1.807) is 0 Å². The molecule has 1 aromatic heterocycles. The SMILES string of the molecule is OCCc1ncc(C(F)(F)F)o1. The van der Waals surface area contributed by atoms with Crippen molar-refractivity contribution in [3.8, 4) is 0 Å². The van der Waals surface area contributed by atoms with Crippen molar-refractivity contribution in [1.29, 1.82) is 0 Å². The van der Waals surface area contributed by atoms with Gasteiger partial charge in [0.05, 0.1) is 12.8 Å². The first-order chi connectivity index (χ1) is 5.54. The zero-order valence-electron chi connectivity index (χ0n) is 5.93. The normalized spacial score (nSPS) is 12.0. The van der Waals surface area contributed by atoms with Crippen molar-refractivity contribution in [2.75, 3.05) is 6.61 Å². The lowest BCUT2D eigenvalue weighted by Gasteiger charge is -1.98. The zero-order chi connectivity index (χ0) is 9.19. The maximum atomic E-state index is 11.8. The van der Waals surface area contributed by atoms with Crippen molar-refractivity contribution < 1.29 is 22.7 Å². The Balaban J connectivity index is 2.77. The van der Waals surface area contributed by atoms with Crippen LogP contribution in [0.1, 0.15) is 11.7 Å². The van der Waals surface area contributed by atoms with E-state index in [1.165, 1.54) is 0 Å². The highest BCUT2D eigenvalue weighted by molar-refractivity contribution is 4.98. The number of alkyl halides is 3. The van der Waals surface area contributed by atoms with E-state index in [0.717, 1.165) is 0 Å². The van der Waals surface area contributed by atoms with Gasteiger partial charge in [-0.1, -0.05) is 0 Å². The van der Waals surface area contributed by atoms with Gasteiger partial charge in [-0.3, -0.25) is 0 Å². The quantitative estimate of drug-likeness (QED) is 0.746. The second kappa shape index (κ2) is 3.14. The van der Waals surface area contributed by atoms with Gasteiger partial charge in [-0.25, -0.2) is 4.98 Å². The number of rotatable bonds is 2. The van der Waals surface area contributed by atoms with E-state index >= 15 is 0 Å². The predicted octanol–water partition coefficient (Wildman–Crippen LogP) is 1.23. The molecular formula is C6H6F3NO2. The van der Waals surface area contributed by atoms with Gasteiger partial charge in [-0.05, 0) is 0 Å². The minimum atomic E-state index is -4.50. The molecule has 0 aromatic carbocycles. The third kappa shape index (κ3) is 1.97. The molecule has 12 heavy (non-hydrogen) atoms. The first-order valence-electron chi connectivity index (χ1n) is 3.17. The summed E-state index contributed by atoms with van der Waals surface area (Å²) in [4.78, 5) is 3.33. The highest BCUT2D eigenvalue weighted by atomic mass is 19.4. The van der Waals surface area contributed by atoms with Gasteiger partial charge in [0.25, 0.3) is 0 Å². The number of hydrogen-bond acceptors (Lipinski definition) is 3. The van der Waals surface area contributed by atoms with Crippen molar-refractivity contribution in [3.63, 3.8) is 0 Å². The van der Waals surface area contributed by atoms with Crippen molar-refractivity contribution >= 4 is 0 Å². The van der Waals surface area contributed by atoms with Gasteiger partial charge in [-0.2, -0.15) is 13.2 Å². The average Bonchev–Trinajstić information content (AvgIpc) is 2.35. The van der Waals surface area contributed by atoms with Crippen LogP contribution in [0, 0.1) is 0 Å². The van der Waals surface area contributed by atoms with Crippen LogP contribution in [0.4, 0.5) is 13.2 Å². The second-order valence-electron chi connectivity index (χ2n) is 2.09. The molecule has 0 aliphatic carbocycles. The molecule has 0 amide bonds. The Morgan fingerprint density at radius 2 is 2.17 bits per heavy atom. The molecular weight excluding hydrogens is 175 g/mol. The Morgan fingerprint density at radius 3 is 2.58 bits per heavy atom. The maximum Gasteiger partial charge on any atom is 0.451 e. The lowest BCUT2D eigenvalue weighted by molar-refractivity contribution is -0.153. The van der Waals surface area contributed by atoms with E-state index in [-0.39, 0.29) is 18.9 Å².